The summed E-state index contributed by atoms with van der Waals surface area (Å²) in [6.07, 6.45) is -0.0142. The number of amides is 2. The van der Waals surface area contributed by atoms with Gasteiger partial charge in [-0.3, -0.25) is 9.59 Å². The van der Waals surface area contributed by atoms with Crippen molar-refractivity contribution in [2.75, 3.05) is 16.4 Å². The van der Waals surface area contributed by atoms with E-state index in [1.165, 1.54) is 0 Å². The van der Waals surface area contributed by atoms with Crippen LogP contribution in [-0.4, -0.2) is 32.3 Å². The summed E-state index contributed by atoms with van der Waals surface area (Å²) < 4.78 is 28.1. The average Bonchev–Trinajstić information content (AvgIpc) is 3.04. The zero-order valence-electron chi connectivity index (χ0n) is 15.7. The van der Waals surface area contributed by atoms with E-state index in [4.69, 9.17) is 11.6 Å². The van der Waals surface area contributed by atoms with Crippen molar-refractivity contribution < 1.29 is 18.4 Å². The van der Waals surface area contributed by atoms with Crippen molar-refractivity contribution in [1.29, 1.82) is 0 Å². The fourth-order valence-electron chi connectivity index (χ4n) is 2.41. The van der Waals surface area contributed by atoms with Crippen molar-refractivity contribution in [3.8, 4) is 0 Å². The highest BCUT2D eigenvalue weighted by Crippen LogP contribution is 2.19. The summed E-state index contributed by atoms with van der Waals surface area (Å²) >= 11 is 6.89. The topological polar surface area (TPSA) is 88.9 Å². The van der Waals surface area contributed by atoms with E-state index in [0.29, 0.717) is 27.8 Å². The van der Waals surface area contributed by atoms with Gasteiger partial charge in [-0.25, -0.2) is 8.78 Å². The van der Waals surface area contributed by atoms with E-state index in [1.807, 2.05) is 0 Å². The Kier molecular flexibility index (Phi) is 7.01. The maximum atomic E-state index is 13.6. The van der Waals surface area contributed by atoms with Gasteiger partial charge >= 0.3 is 0 Å². The molecule has 0 aliphatic carbocycles. The first-order valence-corrected chi connectivity index (χ1v) is 9.99. The monoisotopic (exact) mass is 451 g/mol. The van der Waals surface area contributed by atoms with E-state index in [0.717, 1.165) is 23.9 Å². The molecule has 0 atom stereocenters. The van der Waals surface area contributed by atoms with Gasteiger partial charge in [0.15, 0.2) is 5.16 Å². The molecule has 0 saturated heterocycles. The molecule has 11 heteroatoms. The van der Waals surface area contributed by atoms with E-state index in [1.54, 1.807) is 35.9 Å². The zero-order valence-corrected chi connectivity index (χ0v) is 17.2. The van der Waals surface area contributed by atoms with Gasteiger partial charge < -0.3 is 15.2 Å². The first kappa shape index (κ1) is 21.7. The first-order valence-electron chi connectivity index (χ1n) is 8.63. The number of thioether (sulfide) groups is 1. The van der Waals surface area contributed by atoms with Crippen LogP contribution in [0.15, 0.2) is 47.6 Å². The smallest absolute Gasteiger partial charge is 0.234 e. The molecule has 2 N–H and O–H groups in total. The van der Waals surface area contributed by atoms with Crippen LogP contribution in [0.3, 0.4) is 0 Å². The Balaban J connectivity index is 1.53. The van der Waals surface area contributed by atoms with Crippen molar-refractivity contribution in [2.45, 2.75) is 11.6 Å². The summed E-state index contributed by atoms with van der Waals surface area (Å²) in [5.74, 6) is -2.02. The zero-order chi connectivity index (χ0) is 21.7. The molecule has 0 spiro atoms. The lowest BCUT2D eigenvalue weighted by atomic mass is 10.3. The van der Waals surface area contributed by atoms with Crippen LogP contribution >= 0.6 is 23.4 Å². The minimum Gasteiger partial charge on any atom is -0.326 e. The molecule has 0 bridgehead atoms. The molecule has 0 aliphatic heterocycles. The van der Waals surface area contributed by atoms with Crippen molar-refractivity contribution in [2.24, 2.45) is 7.05 Å². The molecule has 3 rings (SSSR count). The number of nitrogens with one attached hydrogen (secondary N) is 2. The molecule has 30 heavy (non-hydrogen) atoms. The lowest BCUT2D eigenvalue weighted by Crippen LogP contribution is -2.17. The molecule has 0 aliphatic rings. The second-order valence-electron chi connectivity index (χ2n) is 6.15. The van der Waals surface area contributed by atoms with E-state index < -0.39 is 17.5 Å². The maximum Gasteiger partial charge on any atom is 0.234 e. The molecule has 0 unspecified atom stereocenters. The van der Waals surface area contributed by atoms with Gasteiger partial charge in [0.2, 0.25) is 11.8 Å². The molecule has 0 fully saturated rings. The molecule has 0 saturated carbocycles. The highest BCUT2D eigenvalue weighted by molar-refractivity contribution is 7.99. The largest absolute Gasteiger partial charge is 0.326 e. The molecule has 1 aromatic heterocycles. The van der Waals surface area contributed by atoms with Gasteiger partial charge in [0.05, 0.1) is 17.9 Å². The van der Waals surface area contributed by atoms with Crippen LogP contribution in [0.4, 0.5) is 20.2 Å². The fraction of sp³-hybridized carbons (Fsp3) is 0.158. The van der Waals surface area contributed by atoms with Crippen LogP contribution in [0.25, 0.3) is 0 Å². The average molecular weight is 452 g/mol. The summed E-state index contributed by atoms with van der Waals surface area (Å²) in [6, 6.07) is 9.57. The number of anilines is 2. The molecule has 7 nitrogen and oxygen atoms in total. The molecule has 2 amide bonds. The summed E-state index contributed by atoms with van der Waals surface area (Å²) in [4.78, 5) is 24.2. The SMILES string of the molecule is Cn1c(CC(=O)Nc2ccc(Cl)cc2)nnc1SCC(=O)Nc1ccc(F)cc1F. The van der Waals surface area contributed by atoms with Crippen molar-refractivity contribution in [3.05, 3.63) is 64.9 Å². The minimum atomic E-state index is -0.860. The summed E-state index contributed by atoms with van der Waals surface area (Å²) in [5, 5.41) is 14.0. The van der Waals surface area contributed by atoms with Gasteiger partial charge in [-0.1, -0.05) is 23.4 Å². The van der Waals surface area contributed by atoms with Gasteiger partial charge in [-0.05, 0) is 36.4 Å². The fourth-order valence-corrected chi connectivity index (χ4v) is 3.27. The predicted molar refractivity (Wildman–Crippen MR) is 111 cm³/mol. The molecule has 3 aromatic rings. The summed E-state index contributed by atoms with van der Waals surface area (Å²) in [7, 11) is 1.67. The number of carbonyl (C=O) groups excluding carboxylic acids is 2. The number of hydrogen-bond acceptors (Lipinski definition) is 5. The van der Waals surface area contributed by atoms with Gasteiger partial charge in [-0.15, -0.1) is 10.2 Å². The predicted octanol–water partition coefficient (Wildman–Crippen LogP) is 3.66. The van der Waals surface area contributed by atoms with Crippen LogP contribution in [0.1, 0.15) is 5.82 Å². The molecular weight excluding hydrogens is 436 g/mol. The third kappa shape index (κ3) is 5.77. The van der Waals surface area contributed by atoms with Crippen LogP contribution in [0.2, 0.25) is 5.02 Å². The lowest BCUT2D eigenvalue weighted by molar-refractivity contribution is -0.116. The second kappa shape index (κ2) is 9.68. The Bertz CT molecular complexity index is 1080. The number of nitrogens with zero attached hydrogens (tertiary/aromatic N) is 3. The van der Waals surface area contributed by atoms with Gasteiger partial charge in [0, 0.05) is 23.8 Å². The van der Waals surface area contributed by atoms with E-state index in [2.05, 4.69) is 20.8 Å². The Labute approximate surface area is 179 Å². The van der Waals surface area contributed by atoms with Crippen LogP contribution in [0, 0.1) is 11.6 Å². The highest BCUT2D eigenvalue weighted by atomic mass is 35.5. The third-order valence-electron chi connectivity index (χ3n) is 3.91. The Morgan fingerprint density at radius 1 is 1.07 bits per heavy atom. The van der Waals surface area contributed by atoms with Crippen LogP contribution in [0.5, 0.6) is 0 Å². The Hall–Kier alpha value is -2.98. The standard InChI is InChI=1S/C19H16ClF2N5O2S/c1-27-16(9-17(28)23-13-5-2-11(20)3-6-13)25-26-19(27)30-10-18(29)24-15-7-4-12(21)8-14(15)22/h2-8H,9-10H2,1H3,(H,23,28)(H,24,29). The van der Waals surface area contributed by atoms with Crippen LogP contribution < -0.4 is 10.6 Å². The lowest BCUT2D eigenvalue weighted by Gasteiger charge is -2.07. The van der Waals surface area contributed by atoms with Crippen molar-refractivity contribution in [1.82, 2.24) is 14.8 Å². The third-order valence-corrected chi connectivity index (χ3v) is 5.18. The summed E-state index contributed by atoms with van der Waals surface area (Å²) in [6.45, 7) is 0. The number of carbonyl (C=O) groups is 2. The Morgan fingerprint density at radius 3 is 2.50 bits per heavy atom. The Morgan fingerprint density at radius 2 is 1.80 bits per heavy atom. The maximum absolute atomic E-state index is 13.6. The van der Waals surface area contributed by atoms with Gasteiger partial charge in [0.1, 0.15) is 17.5 Å². The molecule has 1 heterocycles. The van der Waals surface area contributed by atoms with E-state index >= 15 is 0 Å². The van der Waals surface area contributed by atoms with Gasteiger partial charge in [0.25, 0.3) is 0 Å². The first-order chi connectivity index (χ1) is 14.3. The number of benzene rings is 2. The normalized spacial score (nSPS) is 10.7. The van der Waals surface area contributed by atoms with Crippen LogP contribution in [-0.2, 0) is 23.1 Å². The van der Waals surface area contributed by atoms with Crippen molar-refractivity contribution >= 4 is 46.6 Å². The summed E-state index contributed by atoms with van der Waals surface area (Å²) in [5.41, 5.74) is 0.491. The molecule has 0 radical (unpaired) electrons. The minimum absolute atomic E-state index is 0.0142. The molecule has 156 valence electrons. The van der Waals surface area contributed by atoms with E-state index in [9.17, 15) is 18.4 Å². The van der Waals surface area contributed by atoms with Crippen molar-refractivity contribution in [3.63, 3.8) is 0 Å². The number of aromatic nitrogens is 3. The second-order valence-corrected chi connectivity index (χ2v) is 7.53. The highest BCUT2D eigenvalue weighted by Gasteiger charge is 2.15. The molecular formula is C19H16ClF2N5O2S. The number of rotatable bonds is 7. The van der Waals surface area contributed by atoms with E-state index in [-0.39, 0.29) is 23.8 Å². The molecule has 2 aromatic carbocycles. The number of hydrogen-bond donors (Lipinski definition) is 2. The number of halogens is 3. The van der Waals surface area contributed by atoms with Gasteiger partial charge in [-0.2, -0.15) is 0 Å². The quantitative estimate of drug-likeness (QED) is 0.535.